The van der Waals surface area contributed by atoms with Gasteiger partial charge in [0.15, 0.2) is 10.6 Å². The van der Waals surface area contributed by atoms with Crippen LogP contribution >= 0.6 is 0 Å². The van der Waals surface area contributed by atoms with Crippen molar-refractivity contribution in [2.24, 2.45) is 5.16 Å². The molecule has 3 rings (SSSR count). The molecule has 0 fully saturated rings. The summed E-state index contributed by atoms with van der Waals surface area (Å²) in [6, 6.07) is 11.5. The SMILES string of the molecule is O=[N+]([O-])c1ccccc1S(=O)(=O)O/N=C(/c1ccc(O)c2ccccc12)C(F)(F)F. The number of nitro groups is 1. The van der Waals surface area contributed by atoms with Gasteiger partial charge in [-0.2, -0.15) is 21.6 Å². The van der Waals surface area contributed by atoms with E-state index in [0.717, 1.165) is 30.3 Å². The van der Waals surface area contributed by atoms with Crippen molar-refractivity contribution in [1.82, 2.24) is 0 Å². The Balaban J connectivity index is 2.14. The van der Waals surface area contributed by atoms with E-state index in [2.05, 4.69) is 9.44 Å². The number of fused-ring (bicyclic) bond motifs is 1. The van der Waals surface area contributed by atoms with E-state index in [1.54, 1.807) is 0 Å². The molecule has 1 N–H and O–H groups in total. The lowest BCUT2D eigenvalue weighted by Crippen LogP contribution is -2.25. The molecule has 3 aromatic rings. The molecular weight excluding hydrogens is 429 g/mol. The topological polar surface area (TPSA) is 119 Å². The van der Waals surface area contributed by atoms with E-state index >= 15 is 0 Å². The number of alkyl halides is 3. The van der Waals surface area contributed by atoms with Crippen LogP contribution < -0.4 is 0 Å². The Morgan fingerprint density at radius 1 is 1.00 bits per heavy atom. The van der Waals surface area contributed by atoms with Crippen LogP contribution in [0, 0.1) is 10.1 Å². The molecule has 0 spiro atoms. The lowest BCUT2D eigenvalue weighted by Gasteiger charge is -2.13. The number of phenols is 1. The highest BCUT2D eigenvalue weighted by molar-refractivity contribution is 7.86. The number of benzene rings is 3. The summed E-state index contributed by atoms with van der Waals surface area (Å²) < 4.78 is 69.7. The zero-order chi connectivity index (χ0) is 22.1. The smallest absolute Gasteiger partial charge is 0.437 e. The van der Waals surface area contributed by atoms with E-state index in [-0.39, 0.29) is 16.5 Å². The molecule has 3 aromatic carbocycles. The first-order valence-electron chi connectivity index (χ1n) is 8.05. The Hall–Kier alpha value is -3.67. The molecule has 0 radical (unpaired) electrons. The molecule has 0 saturated carbocycles. The van der Waals surface area contributed by atoms with E-state index in [1.807, 2.05) is 0 Å². The van der Waals surface area contributed by atoms with E-state index in [9.17, 15) is 36.8 Å². The van der Waals surface area contributed by atoms with Crippen molar-refractivity contribution >= 4 is 32.3 Å². The summed E-state index contributed by atoms with van der Waals surface area (Å²) in [6.45, 7) is 0. The average molecular weight is 440 g/mol. The number of halogens is 3. The molecule has 0 aliphatic carbocycles. The van der Waals surface area contributed by atoms with E-state index in [4.69, 9.17) is 0 Å². The van der Waals surface area contributed by atoms with Gasteiger partial charge < -0.3 is 5.11 Å². The number of aromatic hydroxyl groups is 1. The molecule has 8 nitrogen and oxygen atoms in total. The van der Waals surface area contributed by atoms with E-state index < -0.39 is 43.1 Å². The van der Waals surface area contributed by atoms with Gasteiger partial charge in [0.05, 0.1) is 4.92 Å². The van der Waals surface area contributed by atoms with Gasteiger partial charge in [-0.3, -0.25) is 14.4 Å². The maximum atomic E-state index is 13.6. The fourth-order valence-electron chi connectivity index (χ4n) is 2.69. The normalized spacial score (nSPS) is 12.7. The van der Waals surface area contributed by atoms with Gasteiger partial charge in [-0.05, 0) is 23.6 Å². The molecule has 0 unspecified atom stereocenters. The van der Waals surface area contributed by atoms with Gasteiger partial charge in [0.2, 0.25) is 0 Å². The number of oxime groups is 1. The van der Waals surface area contributed by atoms with Crippen molar-refractivity contribution in [3.63, 3.8) is 0 Å². The summed E-state index contributed by atoms with van der Waals surface area (Å²) in [6.07, 6.45) is -5.14. The second-order valence-corrected chi connectivity index (χ2v) is 7.37. The van der Waals surface area contributed by atoms with Crippen LogP contribution in [0.5, 0.6) is 5.75 Å². The summed E-state index contributed by atoms with van der Waals surface area (Å²) in [5.74, 6) is -0.288. The first-order valence-corrected chi connectivity index (χ1v) is 9.46. The van der Waals surface area contributed by atoms with Gasteiger partial charge in [0, 0.05) is 17.0 Å². The number of phenolic OH excluding ortho intramolecular Hbond substituents is 1. The van der Waals surface area contributed by atoms with Crippen molar-refractivity contribution in [2.75, 3.05) is 0 Å². The lowest BCUT2D eigenvalue weighted by molar-refractivity contribution is -0.387. The zero-order valence-electron chi connectivity index (χ0n) is 14.7. The maximum absolute atomic E-state index is 13.6. The summed E-state index contributed by atoms with van der Waals surface area (Å²) in [5, 5.41) is 23.7. The molecule has 0 atom stereocenters. The van der Waals surface area contributed by atoms with E-state index in [0.29, 0.717) is 0 Å². The number of para-hydroxylation sites is 1. The monoisotopic (exact) mass is 440 g/mol. The second kappa shape index (κ2) is 7.63. The summed E-state index contributed by atoms with van der Waals surface area (Å²) in [4.78, 5) is 9.05. The van der Waals surface area contributed by atoms with Crippen molar-refractivity contribution in [3.8, 4) is 5.75 Å². The molecule has 0 bridgehead atoms. The van der Waals surface area contributed by atoms with Gasteiger partial charge in [-0.15, -0.1) is 0 Å². The summed E-state index contributed by atoms with van der Waals surface area (Å²) >= 11 is 0. The van der Waals surface area contributed by atoms with Crippen LogP contribution in [0.2, 0.25) is 0 Å². The minimum absolute atomic E-state index is 0.0553. The van der Waals surface area contributed by atoms with Crippen LogP contribution in [-0.2, 0) is 14.4 Å². The Morgan fingerprint density at radius 2 is 1.60 bits per heavy atom. The molecular formula is C18H11F3N2O6S. The number of rotatable bonds is 5. The minimum Gasteiger partial charge on any atom is -0.507 e. The van der Waals surface area contributed by atoms with Crippen LogP contribution in [-0.4, -0.2) is 30.3 Å². The third kappa shape index (κ3) is 4.03. The van der Waals surface area contributed by atoms with Crippen molar-refractivity contribution < 1.29 is 35.9 Å². The highest BCUT2D eigenvalue weighted by atomic mass is 32.2. The third-order valence-corrected chi connectivity index (χ3v) is 5.14. The predicted octanol–water partition coefficient (Wildman–Crippen LogP) is 4.13. The minimum atomic E-state index is -5.14. The van der Waals surface area contributed by atoms with Gasteiger partial charge >= 0.3 is 16.3 Å². The van der Waals surface area contributed by atoms with Crippen molar-refractivity contribution in [2.45, 2.75) is 11.1 Å². The van der Waals surface area contributed by atoms with Gasteiger partial charge in [0.1, 0.15) is 5.75 Å². The molecule has 0 amide bonds. The molecule has 0 heterocycles. The Labute approximate surface area is 167 Å². The van der Waals surface area contributed by atoms with Crippen LogP contribution in [0.15, 0.2) is 70.7 Å². The predicted molar refractivity (Wildman–Crippen MR) is 99.6 cm³/mol. The number of hydrogen-bond donors (Lipinski definition) is 1. The quantitative estimate of drug-likeness (QED) is 0.362. The largest absolute Gasteiger partial charge is 0.507 e. The Bertz CT molecular complexity index is 1270. The summed E-state index contributed by atoms with van der Waals surface area (Å²) in [7, 11) is -5.04. The molecule has 30 heavy (non-hydrogen) atoms. The van der Waals surface area contributed by atoms with Crippen LogP contribution in [0.4, 0.5) is 18.9 Å². The lowest BCUT2D eigenvalue weighted by atomic mass is 10.00. The molecule has 0 aliphatic heterocycles. The molecule has 0 aromatic heterocycles. The molecule has 12 heteroatoms. The highest BCUT2D eigenvalue weighted by Gasteiger charge is 2.40. The first kappa shape index (κ1) is 21.0. The fourth-order valence-corrected chi connectivity index (χ4v) is 3.59. The average Bonchev–Trinajstić information content (AvgIpc) is 2.69. The zero-order valence-corrected chi connectivity index (χ0v) is 15.5. The Kier molecular flexibility index (Phi) is 5.35. The van der Waals surface area contributed by atoms with Crippen molar-refractivity contribution in [3.05, 3.63) is 76.3 Å². The third-order valence-electron chi connectivity index (χ3n) is 3.98. The second-order valence-electron chi connectivity index (χ2n) is 5.87. The number of nitrogens with zero attached hydrogens (tertiary/aromatic N) is 2. The molecule has 0 aliphatic rings. The Morgan fingerprint density at radius 3 is 2.23 bits per heavy atom. The van der Waals surface area contributed by atoms with Gasteiger partial charge in [-0.1, -0.05) is 41.6 Å². The van der Waals surface area contributed by atoms with Gasteiger partial charge in [-0.25, -0.2) is 0 Å². The molecule has 156 valence electrons. The van der Waals surface area contributed by atoms with Crippen LogP contribution in [0.25, 0.3) is 10.8 Å². The van der Waals surface area contributed by atoms with Gasteiger partial charge in [0.25, 0.3) is 5.69 Å². The maximum Gasteiger partial charge on any atom is 0.437 e. The molecule has 0 saturated heterocycles. The highest BCUT2D eigenvalue weighted by Crippen LogP contribution is 2.33. The number of hydrogen-bond acceptors (Lipinski definition) is 7. The van der Waals surface area contributed by atoms with E-state index in [1.165, 1.54) is 30.3 Å². The standard InChI is InChI=1S/C18H11F3N2O6S/c19-18(20,21)17(13-9-10-15(24)12-6-2-1-5-11(12)13)22-29-30(27,28)16-8-4-3-7-14(16)23(25)26/h1-10,24H/b22-17-. The first-order chi connectivity index (χ1) is 14.0. The fraction of sp³-hybridized carbons (Fsp3) is 0.0556. The summed E-state index contributed by atoms with van der Waals surface area (Å²) in [5.41, 5.74) is -3.12. The number of nitro benzene ring substituents is 1. The van der Waals surface area contributed by atoms with Crippen LogP contribution in [0.3, 0.4) is 0 Å². The van der Waals surface area contributed by atoms with Crippen LogP contribution in [0.1, 0.15) is 5.56 Å². The van der Waals surface area contributed by atoms with Crippen molar-refractivity contribution in [1.29, 1.82) is 0 Å².